The summed E-state index contributed by atoms with van der Waals surface area (Å²) in [5.41, 5.74) is 6.99. The van der Waals surface area contributed by atoms with E-state index >= 15 is 0 Å². The first-order valence-corrected chi connectivity index (χ1v) is 7.49. The quantitative estimate of drug-likeness (QED) is 0.901. The molecule has 98 valence electrons. The number of nitrogen functional groups attached to an aromatic ring is 1. The molecule has 1 aromatic rings. The zero-order valence-corrected chi connectivity index (χ0v) is 11.4. The van der Waals surface area contributed by atoms with Crippen LogP contribution in [0, 0.1) is 0 Å². The molecule has 1 amide bonds. The van der Waals surface area contributed by atoms with Crippen molar-refractivity contribution in [3.63, 3.8) is 0 Å². The second-order valence-electron chi connectivity index (χ2n) is 4.58. The standard InChI is InChI=1S/C13H19N3OS/c1-18-12-4-6-16(7-5-12)13(17)8-11-3-2-10(14)9-15-11/h2-3,9,12H,4-8,14H2,1H3. The summed E-state index contributed by atoms with van der Waals surface area (Å²) in [5.74, 6) is 0.173. The maximum absolute atomic E-state index is 12.1. The van der Waals surface area contributed by atoms with Gasteiger partial charge in [0, 0.05) is 24.0 Å². The minimum absolute atomic E-state index is 0.173. The van der Waals surface area contributed by atoms with Crippen molar-refractivity contribution in [2.45, 2.75) is 24.5 Å². The smallest absolute Gasteiger partial charge is 0.228 e. The van der Waals surface area contributed by atoms with Crippen molar-refractivity contribution >= 4 is 23.4 Å². The van der Waals surface area contributed by atoms with Gasteiger partial charge in [-0.25, -0.2) is 0 Å². The molecule has 0 bridgehead atoms. The zero-order chi connectivity index (χ0) is 13.0. The second-order valence-corrected chi connectivity index (χ2v) is 5.71. The summed E-state index contributed by atoms with van der Waals surface area (Å²) in [4.78, 5) is 18.2. The van der Waals surface area contributed by atoms with Crippen molar-refractivity contribution in [1.82, 2.24) is 9.88 Å². The van der Waals surface area contributed by atoms with Crippen LogP contribution in [-0.4, -0.2) is 40.4 Å². The van der Waals surface area contributed by atoms with E-state index in [9.17, 15) is 4.79 Å². The fourth-order valence-electron chi connectivity index (χ4n) is 2.15. The first-order valence-electron chi connectivity index (χ1n) is 6.20. The Morgan fingerprint density at radius 2 is 2.22 bits per heavy atom. The Labute approximate surface area is 112 Å². The van der Waals surface area contributed by atoms with Crippen molar-refractivity contribution in [3.8, 4) is 0 Å². The number of nitrogens with two attached hydrogens (primary N) is 1. The Balaban J connectivity index is 1.87. The minimum Gasteiger partial charge on any atom is -0.397 e. The lowest BCUT2D eigenvalue weighted by molar-refractivity contribution is -0.131. The van der Waals surface area contributed by atoms with Gasteiger partial charge in [-0.05, 0) is 31.2 Å². The lowest BCUT2D eigenvalue weighted by atomic mass is 10.1. The molecule has 0 aliphatic carbocycles. The number of likely N-dealkylation sites (tertiary alicyclic amines) is 1. The Morgan fingerprint density at radius 3 is 2.78 bits per heavy atom. The van der Waals surface area contributed by atoms with Gasteiger partial charge in [0.2, 0.25) is 5.91 Å². The normalized spacial score (nSPS) is 16.8. The number of nitrogens with zero attached hydrogens (tertiary/aromatic N) is 2. The molecule has 2 rings (SSSR count). The van der Waals surface area contributed by atoms with E-state index in [0.29, 0.717) is 17.4 Å². The summed E-state index contributed by atoms with van der Waals surface area (Å²) < 4.78 is 0. The Morgan fingerprint density at radius 1 is 1.50 bits per heavy atom. The number of aromatic nitrogens is 1. The van der Waals surface area contributed by atoms with Gasteiger partial charge in [-0.3, -0.25) is 9.78 Å². The lowest BCUT2D eigenvalue weighted by Gasteiger charge is -2.31. The predicted octanol–water partition coefficient (Wildman–Crippen LogP) is 1.56. The molecule has 0 radical (unpaired) electrons. The number of carbonyl (C=O) groups is 1. The molecular formula is C13H19N3OS. The van der Waals surface area contributed by atoms with Crippen LogP contribution in [-0.2, 0) is 11.2 Å². The minimum atomic E-state index is 0.173. The van der Waals surface area contributed by atoms with Crippen LogP contribution in [0.3, 0.4) is 0 Å². The summed E-state index contributed by atoms with van der Waals surface area (Å²) in [6.45, 7) is 1.75. The molecule has 1 aromatic heterocycles. The van der Waals surface area contributed by atoms with E-state index in [1.807, 2.05) is 22.7 Å². The summed E-state index contributed by atoms with van der Waals surface area (Å²) in [6.07, 6.45) is 6.32. The first kappa shape index (κ1) is 13.2. The van der Waals surface area contributed by atoms with Crippen molar-refractivity contribution in [3.05, 3.63) is 24.0 Å². The van der Waals surface area contributed by atoms with Crippen molar-refractivity contribution in [1.29, 1.82) is 0 Å². The number of carbonyl (C=O) groups excluding carboxylic acids is 1. The Kier molecular flexibility index (Phi) is 4.47. The topological polar surface area (TPSA) is 59.2 Å². The van der Waals surface area contributed by atoms with Crippen LogP contribution in [0.4, 0.5) is 5.69 Å². The van der Waals surface area contributed by atoms with Gasteiger partial charge in [0.1, 0.15) is 0 Å². The fourth-order valence-corrected chi connectivity index (χ4v) is 2.83. The average molecular weight is 265 g/mol. The lowest BCUT2D eigenvalue weighted by Crippen LogP contribution is -2.40. The number of pyridine rings is 1. The largest absolute Gasteiger partial charge is 0.397 e. The number of thioether (sulfide) groups is 1. The third-order valence-electron chi connectivity index (χ3n) is 3.31. The van der Waals surface area contributed by atoms with Gasteiger partial charge >= 0.3 is 0 Å². The van der Waals surface area contributed by atoms with Crippen molar-refractivity contribution < 1.29 is 4.79 Å². The number of hydrogen-bond acceptors (Lipinski definition) is 4. The van der Waals surface area contributed by atoms with Gasteiger partial charge < -0.3 is 10.6 Å². The highest BCUT2D eigenvalue weighted by molar-refractivity contribution is 7.99. The molecule has 4 nitrogen and oxygen atoms in total. The molecule has 1 aliphatic rings. The van der Waals surface area contributed by atoms with Gasteiger partial charge in [0.15, 0.2) is 0 Å². The molecule has 1 fully saturated rings. The first-order chi connectivity index (χ1) is 8.69. The van der Waals surface area contributed by atoms with E-state index in [1.54, 1.807) is 12.3 Å². The van der Waals surface area contributed by atoms with Gasteiger partial charge in [-0.1, -0.05) is 0 Å². The van der Waals surface area contributed by atoms with E-state index in [-0.39, 0.29) is 5.91 Å². The van der Waals surface area contributed by atoms with Crippen LogP contribution in [0.2, 0.25) is 0 Å². The summed E-state index contributed by atoms with van der Waals surface area (Å²) in [6, 6.07) is 3.61. The van der Waals surface area contributed by atoms with Crippen LogP contribution in [0.15, 0.2) is 18.3 Å². The van der Waals surface area contributed by atoms with Gasteiger partial charge in [0.25, 0.3) is 0 Å². The van der Waals surface area contributed by atoms with E-state index < -0.39 is 0 Å². The maximum Gasteiger partial charge on any atom is 0.228 e. The molecule has 2 N–H and O–H groups in total. The van der Waals surface area contributed by atoms with Crippen LogP contribution in [0.5, 0.6) is 0 Å². The van der Waals surface area contributed by atoms with E-state index in [0.717, 1.165) is 31.6 Å². The molecule has 0 spiro atoms. The number of piperidine rings is 1. The zero-order valence-electron chi connectivity index (χ0n) is 10.6. The van der Waals surface area contributed by atoms with Gasteiger partial charge in [-0.2, -0.15) is 11.8 Å². The highest BCUT2D eigenvalue weighted by Gasteiger charge is 2.22. The molecule has 0 saturated carbocycles. The van der Waals surface area contributed by atoms with E-state index in [1.165, 1.54) is 0 Å². The molecule has 0 unspecified atom stereocenters. The molecule has 0 atom stereocenters. The molecule has 1 aliphatic heterocycles. The van der Waals surface area contributed by atoms with Crippen LogP contribution >= 0.6 is 11.8 Å². The van der Waals surface area contributed by atoms with Crippen LogP contribution in [0.25, 0.3) is 0 Å². The molecule has 18 heavy (non-hydrogen) atoms. The fraction of sp³-hybridized carbons (Fsp3) is 0.538. The molecule has 0 aromatic carbocycles. The number of hydrogen-bond donors (Lipinski definition) is 1. The third kappa shape index (κ3) is 3.38. The molecular weight excluding hydrogens is 246 g/mol. The molecule has 2 heterocycles. The van der Waals surface area contributed by atoms with Gasteiger partial charge in [0.05, 0.1) is 18.3 Å². The average Bonchev–Trinajstić information content (AvgIpc) is 2.41. The monoisotopic (exact) mass is 265 g/mol. The SMILES string of the molecule is CSC1CCN(C(=O)Cc2ccc(N)cn2)CC1. The summed E-state index contributed by atoms with van der Waals surface area (Å²) in [5, 5.41) is 0.712. The number of anilines is 1. The Hall–Kier alpha value is -1.23. The van der Waals surface area contributed by atoms with Gasteiger partial charge in [-0.15, -0.1) is 0 Å². The van der Waals surface area contributed by atoms with Crippen LogP contribution < -0.4 is 5.73 Å². The van der Waals surface area contributed by atoms with Crippen molar-refractivity contribution in [2.75, 3.05) is 25.1 Å². The van der Waals surface area contributed by atoms with E-state index in [4.69, 9.17) is 5.73 Å². The van der Waals surface area contributed by atoms with Crippen LogP contribution in [0.1, 0.15) is 18.5 Å². The highest BCUT2D eigenvalue weighted by atomic mass is 32.2. The second kappa shape index (κ2) is 6.09. The third-order valence-corrected chi connectivity index (χ3v) is 4.45. The predicted molar refractivity (Wildman–Crippen MR) is 75.5 cm³/mol. The molecule has 1 saturated heterocycles. The maximum atomic E-state index is 12.1. The van der Waals surface area contributed by atoms with E-state index in [2.05, 4.69) is 11.2 Å². The Bertz CT molecular complexity index is 399. The summed E-state index contributed by atoms with van der Waals surface area (Å²) >= 11 is 1.90. The summed E-state index contributed by atoms with van der Waals surface area (Å²) in [7, 11) is 0. The number of rotatable bonds is 3. The number of amides is 1. The highest BCUT2D eigenvalue weighted by Crippen LogP contribution is 2.21. The molecule has 5 heteroatoms. The van der Waals surface area contributed by atoms with Crippen molar-refractivity contribution in [2.24, 2.45) is 0 Å².